The second-order valence-corrected chi connectivity index (χ2v) is 12.8. The maximum atomic E-state index is 12.0. The van der Waals surface area contributed by atoms with Crippen LogP contribution in [0.5, 0.6) is 11.5 Å². The fourth-order valence-electron chi connectivity index (χ4n) is 6.59. The van der Waals surface area contributed by atoms with Gasteiger partial charge >= 0.3 is 5.97 Å². The number of hydrogen-bond acceptors (Lipinski definition) is 4. The molecule has 3 aromatic carbocycles. The van der Waals surface area contributed by atoms with Gasteiger partial charge in [-0.3, -0.25) is 4.79 Å². The molecule has 0 radical (unpaired) electrons. The van der Waals surface area contributed by atoms with Gasteiger partial charge in [0.15, 0.2) is 0 Å². The largest absolute Gasteiger partial charge is 0.490 e. The molecular formula is C36H42O4. The number of carbonyl (C=O) groups is 1. The minimum atomic E-state index is -0.143. The van der Waals surface area contributed by atoms with E-state index in [-0.39, 0.29) is 17.3 Å². The Morgan fingerprint density at radius 2 is 1.73 bits per heavy atom. The Balaban J connectivity index is 1.24. The van der Waals surface area contributed by atoms with Crippen LogP contribution < -0.4 is 9.47 Å². The average molecular weight is 539 g/mol. The number of benzene rings is 3. The molecule has 3 aliphatic rings. The Hall–Kier alpha value is -3.27. The lowest BCUT2D eigenvalue weighted by Crippen LogP contribution is -2.16. The Labute approximate surface area is 239 Å². The van der Waals surface area contributed by atoms with Crippen LogP contribution in [0.15, 0.2) is 66.7 Å². The molecule has 0 amide bonds. The van der Waals surface area contributed by atoms with E-state index in [1.54, 1.807) is 0 Å². The zero-order chi connectivity index (χ0) is 27.7. The molecule has 0 aliphatic heterocycles. The van der Waals surface area contributed by atoms with Crippen LogP contribution in [0.3, 0.4) is 0 Å². The number of esters is 1. The van der Waals surface area contributed by atoms with Crippen LogP contribution in [0.2, 0.25) is 0 Å². The molecule has 0 heterocycles. The van der Waals surface area contributed by atoms with E-state index >= 15 is 0 Å². The zero-order valence-corrected chi connectivity index (χ0v) is 24.2. The molecule has 0 aromatic heterocycles. The summed E-state index contributed by atoms with van der Waals surface area (Å²) in [6, 6.07) is 23.8. The molecule has 3 saturated carbocycles. The average Bonchev–Trinajstić information content (AvgIpc) is 3.90. The molecule has 4 heteroatoms. The maximum absolute atomic E-state index is 12.0. The Kier molecular flexibility index (Phi) is 7.61. The summed E-state index contributed by atoms with van der Waals surface area (Å²) >= 11 is 0. The van der Waals surface area contributed by atoms with Crippen LogP contribution in [0.1, 0.15) is 93.7 Å². The monoisotopic (exact) mass is 538 g/mol. The standard InChI is InChI=1S/C36H42O4/c1-36(2)18-6-11-34(36)33-19-24(12-17-31(33)26-7-5-10-30(21-26)40-28-15-16-28)23-39-29-9-4-8-27(20-29)32(25-13-14-25)22-35(37)38-3/h4-5,7-10,12,17,19-21,25,28,32,34H,6,11,13-16,18,22-23H2,1-3H3/t32-,34+/m1/s1. The van der Waals surface area contributed by atoms with E-state index in [2.05, 4.69) is 68.4 Å². The number of carbonyl (C=O) groups excluding carboxylic acids is 1. The van der Waals surface area contributed by atoms with Crippen molar-refractivity contribution in [2.75, 3.05) is 7.11 Å². The summed E-state index contributed by atoms with van der Waals surface area (Å²) in [5, 5.41) is 0. The minimum absolute atomic E-state index is 0.143. The molecule has 3 aliphatic carbocycles. The molecule has 3 aromatic rings. The van der Waals surface area contributed by atoms with E-state index in [1.807, 2.05) is 12.1 Å². The van der Waals surface area contributed by atoms with E-state index in [0.29, 0.717) is 31.0 Å². The van der Waals surface area contributed by atoms with Crippen molar-refractivity contribution >= 4 is 5.97 Å². The van der Waals surface area contributed by atoms with Gasteiger partial charge in [-0.1, -0.05) is 62.7 Å². The van der Waals surface area contributed by atoms with Gasteiger partial charge in [0.1, 0.15) is 18.1 Å². The normalized spacial score (nSPS) is 20.6. The predicted octanol–water partition coefficient (Wildman–Crippen LogP) is 8.82. The van der Waals surface area contributed by atoms with Crippen molar-refractivity contribution in [3.05, 3.63) is 83.4 Å². The van der Waals surface area contributed by atoms with E-state index in [1.165, 1.54) is 67.0 Å². The maximum Gasteiger partial charge on any atom is 0.306 e. The number of hydrogen-bond donors (Lipinski definition) is 0. The molecule has 2 atom stereocenters. The Bertz CT molecular complexity index is 1350. The summed E-state index contributed by atoms with van der Waals surface area (Å²) < 4.78 is 17.5. The fourth-order valence-corrected chi connectivity index (χ4v) is 6.59. The summed E-state index contributed by atoms with van der Waals surface area (Å²) in [5.74, 6) is 2.95. The lowest BCUT2D eigenvalue weighted by Gasteiger charge is -2.30. The number of methoxy groups -OCH3 is 1. The molecular weight excluding hydrogens is 496 g/mol. The van der Waals surface area contributed by atoms with Gasteiger partial charge in [0.25, 0.3) is 0 Å². The number of rotatable bonds is 11. The van der Waals surface area contributed by atoms with Crippen molar-refractivity contribution in [3.8, 4) is 22.6 Å². The highest BCUT2D eigenvalue weighted by atomic mass is 16.5. The highest BCUT2D eigenvalue weighted by molar-refractivity contribution is 5.71. The molecule has 6 rings (SSSR count). The summed E-state index contributed by atoms with van der Waals surface area (Å²) in [4.78, 5) is 12.0. The third kappa shape index (κ3) is 6.22. The topological polar surface area (TPSA) is 44.8 Å². The zero-order valence-electron chi connectivity index (χ0n) is 24.2. The SMILES string of the molecule is COC(=O)C[C@@H](c1cccc(OCc2ccc(-c3cccc(OC4CC4)c3)c([C@@H]3CCCC3(C)C)c2)c1)C1CC1. The van der Waals surface area contributed by atoms with Crippen LogP contribution in [-0.4, -0.2) is 19.2 Å². The van der Waals surface area contributed by atoms with Gasteiger partial charge in [-0.25, -0.2) is 0 Å². The first-order valence-corrected chi connectivity index (χ1v) is 15.1. The van der Waals surface area contributed by atoms with Crippen molar-refractivity contribution in [3.63, 3.8) is 0 Å². The molecule has 210 valence electrons. The van der Waals surface area contributed by atoms with Crippen molar-refractivity contribution < 1.29 is 19.0 Å². The van der Waals surface area contributed by atoms with Crippen LogP contribution >= 0.6 is 0 Å². The molecule has 0 unspecified atom stereocenters. The van der Waals surface area contributed by atoms with Gasteiger partial charge in [-0.2, -0.15) is 0 Å². The lowest BCUT2D eigenvalue weighted by molar-refractivity contribution is -0.141. The van der Waals surface area contributed by atoms with E-state index < -0.39 is 0 Å². The van der Waals surface area contributed by atoms with Gasteiger partial charge < -0.3 is 14.2 Å². The Morgan fingerprint density at radius 3 is 2.45 bits per heavy atom. The third-order valence-electron chi connectivity index (χ3n) is 9.22. The van der Waals surface area contributed by atoms with Gasteiger partial charge in [-0.15, -0.1) is 0 Å². The lowest BCUT2D eigenvalue weighted by atomic mass is 9.75. The second-order valence-electron chi connectivity index (χ2n) is 12.8. The summed E-state index contributed by atoms with van der Waals surface area (Å²) in [7, 11) is 1.47. The van der Waals surface area contributed by atoms with Gasteiger partial charge in [0, 0.05) is 0 Å². The van der Waals surface area contributed by atoms with Gasteiger partial charge in [0.05, 0.1) is 19.6 Å². The van der Waals surface area contributed by atoms with Crippen molar-refractivity contribution in [1.29, 1.82) is 0 Å². The first kappa shape index (κ1) is 26.9. The number of ether oxygens (including phenoxy) is 3. The van der Waals surface area contributed by atoms with Crippen molar-refractivity contribution in [2.45, 2.75) is 89.8 Å². The first-order chi connectivity index (χ1) is 19.4. The summed E-state index contributed by atoms with van der Waals surface area (Å²) in [5.41, 5.74) is 6.58. The van der Waals surface area contributed by atoms with Gasteiger partial charge in [0.2, 0.25) is 0 Å². The molecule has 0 spiro atoms. The molecule has 4 nitrogen and oxygen atoms in total. The fraction of sp³-hybridized carbons (Fsp3) is 0.472. The molecule has 0 saturated heterocycles. The summed E-state index contributed by atoms with van der Waals surface area (Å²) in [6.07, 6.45) is 9.23. The van der Waals surface area contributed by atoms with Crippen molar-refractivity contribution in [2.24, 2.45) is 11.3 Å². The molecule has 3 fully saturated rings. The first-order valence-electron chi connectivity index (χ1n) is 15.1. The molecule has 0 N–H and O–H groups in total. The van der Waals surface area contributed by atoms with E-state index in [9.17, 15) is 4.79 Å². The third-order valence-corrected chi connectivity index (χ3v) is 9.22. The molecule has 0 bridgehead atoms. The predicted molar refractivity (Wildman–Crippen MR) is 159 cm³/mol. The van der Waals surface area contributed by atoms with E-state index in [0.717, 1.165) is 24.3 Å². The van der Waals surface area contributed by atoms with Crippen LogP contribution in [0, 0.1) is 11.3 Å². The van der Waals surface area contributed by atoms with Gasteiger partial charge in [-0.05, 0) is 114 Å². The Morgan fingerprint density at radius 1 is 0.925 bits per heavy atom. The van der Waals surface area contributed by atoms with Crippen molar-refractivity contribution in [1.82, 2.24) is 0 Å². The van der Waals surface area contributed by atoms with Crippen LogP contribution in [0.4, 0.5) is 0 Å². The second kappa shape index (κ2) is 11.3. The molecule has 40 heavy (non-hydrogen) atoms. The highest BCUT2D eigenvalue weighted by Gasteiger charge is 2.37. The quantitative estimate of drug-likeness (QED) is 0.229. The highest BCUT2D eigenvalue weighted by Crippen LogP contribution is 2.51. The summed E-state index contributed by atoms with van der Waals surface area (Å²) in [6.45, 7) is 5.35. The smallest absolute Gasteiger partial charge is 0.306 e. The van der Waals surface area contributed by atoms with Crippen LogP contribution in [-0.2, 0) is 16.1 Å². The minimum Gasteiger partial charge on any atom is -0.490 e. The van der Waals surface area contributed by atoms with Crippen LogP contribution in [0.25, 0.3) is 11.1 Å². The van der Waals surface area contributed by atoms with E-state index in [4.69, 9.17) is 14.2 Å².